The topological polar surface area (TPSA) is 60.7 Å². The first kappa shape index (κ1) is 19.9. The second kappa shape index (κ2) is 7.79. The first-order valence-electron chi connectivity index (χ1n) is 9.01. The van der Waals surface area contributed by atoms with E-state index in [4.69, 9.17) is 4.74 Å². The minimum Gasteiger partial charge on any atom is -0.466 e. The van der Waals surface area contributed by atoms with Gasteiger partial charge >= 0.3 is 5.97 Å². The Bertz CT molecular complexity index is 1350. The number of hydrogen-bond acceptors (Lipinski definition) is 5. The second-order valence-corrected chi connectivity index (χ2v) is 7.66. The number of carbonyl (C=O) groups excluding carboxylic acids is 1. The Labute approximate surface area is 173 Å². The summed E-state index contributed by atoms with van der Waals surface area (Å²) in [5, 5.41) is 0. The molecule has 1 atom stereocenters. The number of allylic oxidation sites excluding steroid dienone is 1. The van der Waals surface area contributed by atoms with Crippen LogP contribution in [0.25, 0.3) is 6.08 Å². The molecule has 2 aromatic carbocycles. The molecular weight excluding hydrogens is 410 g/mol. The highest BCUT2D eigenvalue weighted by Crippen LogP contribution is 2.30. The molecule has 0 radical (unpaired) electrons. The lowest BCUT2D eigenvalue weighted by molar-refractivity contribution is -0.136. The molecule has 0 bridgehead atoms. The zero-order chi connectivity index (χ0) is 21.4. The van der Waals surface area contributed by atoms with E-state index in [-0.39, 0.29) is 15.7 Å². The van der Waals surface area contributed by atoms with Gasteiger partial charge in [-0.15, -0.1) is 0 Å². The number of rotatable bonds is 3. The number of halogens is 2. The number of esters is 1. The third kappa shape index (κ3) is 3.39. The van der Waals surface area contributed by atoms with Crippen molar-refractivity contribution < 1.29 is 18.3 Å². The largest absolute Gasteiger partial charge is 0.466 e. The highest BCUT2D eigenvalue weighted by Gasteiger charge is 2.33. The summed E-state index contributed by atoms with van der Waals surface area (Å²) in [6, 6.07) is 10.8. The maximum absolute atomic E-state index is 14.1. The van der Waals surface area contributed by atoms with Gasteiger partial charge in [-0.05, 0) is 36.8 Å². The van der Waals surface area contributed by atoms with Crippen LogP contribution in [0.1, 0.15) is 24.1 Å². The summed E-state index contributed by atoms with van der Waals surface area (Å²) in [6.45, 7) is 1.65. The second-order valence-electron chi connectivity index (χ2n) is 6.65. The van der Waals surface area contributed by atoms with Crippen LogP contribution in [0, 0.1) is 11.6 Å². The monoisotopic (exact) mass is 426 g/mol. The molecule has 0 saturated carbocycles. The number of benzene rings is 2. The molecule has 4 rings (SSSR count). The molecule has 1 aliphatic heterocycles. The van der Waals surface area contributed by atoms with Gasteiger partial charge in [0.2, 0.25) is 0 Å². The summed E-state index contributed by atoms with van der Waals surface area (Å²) in [5.74, 6) is -1.52. The molecular formula is C22H16F2N2O3S. The molecule has 5 nitrogen and oxygen atoms in total. The van der Waals surface area contributed by atoms with Crippen LogP contribution in [0.15, 0.2) is 69.6 Å². The van der Waals surface area contributed by atoms with E-state index in [1.54, 1.807) is 25.1 Å². The highest BCUT2D eigenvalue weighted by atomic mass is 32.1. The lowest BCUT2D eigenvalue weighted by atomic mass is 9.96. The Morgan fingerprint density at radius 1 is 1.17 bits per heavy atom. The Morgan fingerprint density at radius 3 is 2.53 bits per heavy atom. The fraction of sp³-hybridized carbons (Fsp3) is 0.136. The molecule has 0 aliphatic carbocycles. The SMILES string of the molecule is COC(=O)C1=C(C)N=c2s/c(=C/c3ccccc3F)c(=O)n2[C@H]1c1ccc(F)cc1. The van der Waals surface area contributed by atoms with Crippen LogP contribution >= 0.6 is 11.3 Å². The highest BCUT2D eigenvalue weighted by molar-refractivity contribution is 7.07. The summed E-state index contributed by atoms with van der Waals surface area (Å²) >= 11 is 1.09. The maximum atomic E-state index is 14.1. The number of thiazole rings is 1. The fourth-order valence-corrected chi connectivity index (χ4v) is 4.42. The number of carbonyl (C=O) groups is 1. The molecule has 152 valence electrons. The van der Waals surface area contributed by atoms with Crippen LogP contribution in [-0.2, 0) is 9.53 Å². The van der Waals surface area contributed by atoms with Crippen molar-refractivity contribution in [3.8, 4) is 0 Å². The predicted molar refractivity (Wildman–Crippen MR) is 109 cm³/mol. The van der Waals surface area contributed by atoms with E-state index in [2.05, 4.69) is 4.99 Å². The van der Waals surface area contributed by atoms with E-state index < -0.39 is 29.2 Å². The van der Waals surface area contributed by atoms with Gasteiger partial charge < -0.3 is 4.74 Å². The average molecular weight is 426 g/mol. The first-order chi connectivity index (χ1) is 14.4. The van der Waals surface area contributed by atoms with E-state index in [9.17, 15) is 18.4 Å². The van der Waals surface area contributed by atoms with Crippen molar-refractivity contribution in [2.75, 3.05) is 7.11 Å². The minimum absolute atomic E-state index is 0.189. The number of nitrogens with zero attached hydrogens (tertiary/aromatic N) is 2. The zero-order valence-corrected chi connectivity index (χ0v) is 16.9. The van der Waals surface area contributed by atoms with Gasteiger partial charge in [-0.25, -0.2) is 18.6 Å². The van der Waals surface area contributed by atoms with Crippen LogP contribution in [0.5, 0.6) is 0 Å². The molecule has 0 fully saturated rings. The van der Waals surface area contributed by atoms with Crippen LogP contribution in [0.3, 0.4) is 0 Å². The van der Waals surface area contributed by atoms with Crippen LogP contribution in [0.4, 0.5) is 8.78 Å². The molecule has 3 aromatic rings. The Hall–Kier alpha value is -3.39. The number of fused-ring (bicyclic) bond motifs is 1. The normalized spacial score (nSPS) is 16.3. The summed E-state index contributed by atoms with van der Waals surface area (Å²) in [7, 11) is 1.24. The van der Waals surface area contributed by atoms with Crippen LogP contribution in [0.2, 0.25) is 0 Å². The van der Waals surface area contributed by atoms with Gasteiger partial charge in [0, 0.05) is 5.56 Å². The number of hydrogen-bond donors (Lipinski definition) is 0. The minimum atomic E-state index is -0.836. The third-order valence-corrected chi connectivity index (χ3v) is 5.79. The lowest BCUT2D eigenvalue weighted by Gasteiger charge is -2.24. The van der Waals surface area contributed by atoms with Crippen LogP contribution in [-0.4, -0.2) is 17.6 Å². The van der Waals surface area contributed by atoms with Gasteiger partial charge in [0.1, 0.15) is 11.6 Å². The van der Waals surface area contributed by atoms with Gasteiger partial charge in [0.05, 0.1) is 29.0 Å². The Balaban J connectivity index is 1.99. The van der Waals surface area contributed by atoms with Crippen molar-refractivity contribution in [2.24, 2.45) is 4.99 Å². The molecule has 1 aliphatic rings. The molecule has 1 aromatic heterocycles. The molecule has 0 N–H and O–H groups in total. The standard InChI is InChI=1S/C22H16F2N2O3S/c1-12-18(21(28)29-2)19(13-7-9-15(23)10-8-13)26-20(27)17(30-22(26)25-12)11-14-5-3-4-6-16(14)24/h3-11,19H,1-2H3/b17-11+/t19-/m0/s1. The van der Waals surface area contributed by atoms with Crippen molar-refractivity contribution in [2.45, 2.75) is 13.0 Å². The maximum Gasteiger partial charge on any atom is 0.338 e. The smallest absolute Gasteiger partial charge is 0.338 e. The Morgan fingerprint density at radius 2 is 1.87 bits per heavy atom. The molecule has 0 saturated heterocycles. The molecule has 30 heavy (non-hydrogen) atoms. The summed E-state index contributed by atoms with van der Waals surface area (Å²) in [5.41, 5.74) is 0.962. The number of aromatic nitrogens is 1. The zero-order valence-electron chi connectivity index (χ0n) is 16.1. The van der Waals surface area contributed by atoms with Crippen molar-refractivity contribution in [1.82, 2.24) is 4.57 Å². The van der Waals surface area contributed by atoms with Gasteiger partial charge in [0.25, 0.3) is 5.56 Å². The number of ether oxygens (including phenoxy) is 1. The Kier molecular flexibility index (Phi) is 5.17. The average Bonchev–Trinajstić information content (AvgIpc) is 3.03. The van der Waals surface area contributed by atoms with Gasteiger partial charge in [-0.3, -0.25) is 9.36 Å². The summed E-state index contributed by atoms with van der Waals surface area (Å²) in [6.07, 6.45) is 1.46. The predicted octanol–water partition coefficient (Wildman–Crippen LogP) is 2.69. The van der Waals surface area contributed by atoms with Crippen molar-refractivity contribution in [1.29, 1.82) is 0 Å². The summed E-state index contributed by atoms with van der Waals surface area (Å²) < 4.78 is 34.1. The molecule has 0 spiro atoms. The van der Waals surface area contributed by atoms with E-state index >= 15 is 0 Å². The molecule has 0 amide bonds. The van der Waals surface area contributed by atoms with Gasteiger partial charge in [-0.2, -0.15) is 0 Å². The van der Waals surface area contributed by atoms with E-state index in [1.165, 1.54) is 48.1 Å². The molecule has 2 heterocycles. The van der Waals surface area contributed by atoms with E-state index in [0.717, 1.165) is 11.3 Å². The number of methoxy groups -OCH3 is 1. The van der Waals surface area contributed by atoms with Gasteiger partial charge in [-0.1, -0.05) is 41.7 Å². The van der Waals surface area contributed by atoms with Crippen molar-refractivity contribution in [3.05, 3.63) is 102 Å². The van der Waals surface area contributed by atoms with Gasteiger partial charge in [0.15, 0.2) is 4.80 Å². The fourth-order valence-electron chi connectivity index (χ4n) is 3.39. The first-order valence-corrected chi connectivity index (χ1v) is 9.83. The van der Waals surface area contributed by atoms with E-state index in [0.29, 0.717) is 16.1 Å². The lowest BCUT2D eigenvalue weighted by Crippen LogP contribution is -2.39. The third-order valence-electron chi connectivity index (χ3n) is 4.80. The van der Waals surface area contributed by atoms with Crippen molar-refractivity contribution in [3.63, 3.8) is 0 Å². The van der Waals surface area contributed by atoms with Crippen molar-refractivity contribution >= 4 is 23.4 Å². The van der Waals surface area contributed by atoms with Crippen LogP contribution < -0.4 is 14.9 Å². The van der Waals surface area contributed by atoms with E-state index in [1.807, 2.05) is 0 Å². The molecule has 8 heteroatoms. The quantitative estimate of drug-likeness (QED) is 0.605. The molecule has 0 unspecified atom stereocenters. The summed E-state index contributed by atoms with van der Waals surface area (Å²) in [4.78, 5) is 30.5.